The van der Waals surface area contributed by atoms with Gasteiger partial charge in [-0.05, 0) is 0 Å². The van der Waals surface area contributed by atoms with Crippen LogP contribution in [0.5, 0.6) is 0 Å². The average molecular weight is 226 g/mol. The number of carbonyl (C=O) groups is 1. The van der Waals surface area contributed by atoms with Gasteiger partial charge in [0.2, 0.25) is 0 Å². The van der Waals surface area contributed by atoms with Crippen LogP contribution in [0.25, 0.3) is 0 Å². The lowest BCUT2D eigenvalue weighted by molar-refractivity contribution is -0.147. The van der Waals surface area contributed by atoms with Crippen molar-refractivity contribution < 1.29 is 19.0 Å². The Hall–Kier alpha value is -0.360. The van der Waals surface area contributed by atoms with Crippen molar-refractivity contribution >= 4 is 18.4 Å². The molecule has 0 radical (unpaired) electrons. The predicted molar refractivity (Wildman–Crippen MR) is 52.6 cm³/mol. The summed E-state index contributed by atoms with van der Waals surface area (Å²) in [4.78, 5) is 11.2. The smallest absolute Gasteiger partial charge is 0.325 e. The van der Waals surface area contributed by atoms with Crippen LogP contribution >= 0.6 is 12.4 Å². The zero-order valence-electron chi connectivity index (χ0n) is 8.48. The molecule has 1 aliphatic rings. The molecule has 0 amide bonds. The average Bonchev–Trinajstić information content (AvgIpc) is 2.58. The van der Waals surface area contributed by atoms with E-state index in [-0.39, 0.29) is 30.6 Å². The Morgan fingerprint density at radius 3 is 2.36 bits per heavy atom. The fourth-order valence-electron chi connectivity index (χ4n) is 1.54. The predicted octanol–water partition coefficient (Wildman–Crippen LogP) is -0.417. The van der Waals surface area contributed by atoms with Crippen molar-refractivity contribution in [1.82, 2.24) is 5.32 Å². The molecule has 1 fully saturated rings. The maximum atomic E-state index is 11.2. The fourth-order valence-corrected chi connectivity index (χ4v) is 1.54. The number of esters is 1. The van der Waals surface area contributed by atoms with Gasteiger partial charge >= 0.3 is 5.97 Å². The molecule has 0 spiro atoms. The van der Waals surface area contributed by atoms with Crippen molar-refractivity contribution in [2.75, 3.05) is 27.9 Å². The Balaban J connectivity index is 0.00000169. The normalized spacial score (nSPS) is 30.9. The monoisotopic (exact) mass is 225 g/mol. The first kappa shape index (κ1) is 13.6. The van der Waals surface area contributed by atoms with Crippen molar-refractivity contribution in [2.24, 2.45) is 0 Å². The van der Waals surface area contributed by atoms with E-state index in [1.807, 2.05) is 0 Å². The number of halogens is 1. The molecule has 5 nitrogen and oxygen atoms in total. The van der Waals surface area contributed by atoms with Gasteiger partial charge in [-0.2, -0.15) is 0 Å². The van der Waals surface area contributed by atoms with Gasteiger partial charge in [-0.3, -0.25) is 10.1 Å². The third-order valence-corrected chi connectivity index (χ3v) is 2.26. The minimum Gasteiger partial charge on any atom is -0.468 e. The quantitative estimate of drug-likeness (QED) is 0.662. The summed E-state index contributed by atoms with van der Waals surface area (Å²) < 4.78 is 14.9. The Bertz CT molecular complexity index is 190. The summed E-state index contributed by atoms with van der Waals surface area (Å²) in [6, 6.07) is -0.417. The maximum absolute atomic E-state index is 11.2. The molecule has 0 aromatic carbocycles. The lowest BCUT2D eigenvalue weighted by Gasteiger charge is -2.19. The number of hydrogen-bond acceptors (Lipinski definition) is 5. The summed E-state index contributed by atoms with van der Waals surface area (Å²) in [5, 5.41) is 2.98. The standard InChI is InChI=1S/C8H15NO4.ClH/c1-11-5-4-9-6(7(5)12-2)8(10)13-3;/h5-7,9H,4H2,1-3H3;1H/t5-,6-,7-;/m0./s1. The van der Waals surface area contributed by atoms with Crippen molar-refractivity contribution in [2.45, 2.75) is 18.2 Å². The highest BCUT2D eigenvalue weighted by molar-refractivity contribution is 5.85. The molecule has 1 heterocycles. The minimum atomic E-state index is -0.417. The minimum absolute atomic E-state index is 0. The molecular formula is C8H16ClNO4. The van der Waals surface area contributed by atoms with Crippen LogP contribution in [0.2, 0.25) is 0 Å². The molecule has 0 unspecified atom stereocenters. The van der Waals surface area contributed by atoms with E-state index in [0.717, 1.165) is 0 Å². The highest BCUT2D eigenvalue weighted by Crippen LogP contribution is 2.14. The summed E-state index contributed by atoms with van der Waals surface area (Å²) in [6.45, 7) is 0.606. The number of carbonyl (C=O) groups excluding carboxylic acids is 1. The number of nitrogens with one attached hydrogen (secondary N) is 1. The molecule has 84 valence electrons. The van der Waals surface area contributed by atoms with E-state index in [9.17, 15) is 4.79 Å². The topological polar surface area (TPSA) is 56.8 Å². The Morgan fingerprint density at radius 1 is 1.29 bits per heavy atom. The summed E-state index contributed by atoms with van der Waals surface area (Å²) in [5.74, 6) is -0.314. The molecule has 1 rings (SSSR count). The molecule has 0 aromatic rings. The highest BCUT2D eigenvalue weighted by Gasteiger charge is 2.41. The van der Waals surface area contributed by atoms with E-state index in [0.29, 0.717) is 6.54 Å². The molecule has 1 saturated heterocycles. The Labute approximate surface area is 89.5 Å². The molecule has 6 heteroatoms. The van der Waals surface area contributed by atoms with Gasteiger partial charge in [0.05, 0.1) is 13.2 Å². The Kier molecular flexibility index (Phi) is 6.03. The van der Waals surface area contributed by atoms with Crippen molar-refractivity contribution in [1.29, 1.82) is 0 Å². The molecule has 0 bridgehead atoms. The first-order chi connectivity index (χ1) is 6.24. The summed E-state index contributed by atoms with van der Waals surface area (Å²) in [7, 11) is 4.51. The van der Waals surface area contributed by atoms with Gasteiger partial charge in [0.15, 0.2) is 0 Å². The van der Waals surface area contributed by atoms with E-state index in [4.69, 9.17) is 9.47 Å². The van der Waals surface area contributed by atoms with Gasteiger partial charge in [-0.25, -0.2) is 0 Å². The second-order valence-electron chi connectivity index (χ2n) is 2.88. The number of rotatable bonds is 3. The van der Waals surface area contributed by atoms with Crippen LogP contribution < -0.4 is 5.32 Å². The van der Waals surface area contributed by atoms with Crippen molar-refractivity contribution in [3.63, 3.8) is 0 Å². The van der Waals surface area contributed by atoms with Crippen LogP contribution in [0.1, 0.15) is 0 Å². The van der Waals surface area contributed by atoms with Crippen LogP contribution in [0.3, 0.4) is 0 Å². The van der Waals surface area contributed by atoms with Crippen LogP contribution in [0.15, 0.2) is 0 Å². The van der Waals surface area contributed by atoms with Gasteiger partial charge in [0.1, 0.15) is 12.1 Å². The highest BCUT2D eigenvalue weighted by atomic mass is 35.5. The summed E-state index contributed by atoms with van der Waals surface area (Å²) in [5.41, 5.74) is 0. The second kappa shape index (κ2) is 6.19. The SMILES string of the molecule is COC(=O)[C@H]1NC[C@H](OC)[C@@H]1OC.Cl. The zero-order chi connectivity index (χ0) is 9.84. The first-order valence-electron chi connectivity index (χ1n) is 4.11. The number of ether oxygens (including phenoxy) is 3. The molecular weight excluding hydrogens is 210 g/mol. The third-order valence-electron chi connectivity index (χ3n) is 2.26. The van der Waals surface area contributed by atoms with Crippen LogP contribution in [-0.2, 0) is 19.0 Å². The first-order valence-corrected chi connectivity index (χ1v) is 4.11. The van der Waals surface area contributed by atoms with Crippen LogP contribution in [-0.4, -0.2) is 52.1 Å². The van der Waals surface area contributed by atoms with Crippen molar-refractivity contribution in [3.05, 3.63) is 0 Å². The van der Waals surface area contributed by atoms with E-state index >= 15 is 0 Å². The van der Waals surface area contributed by atoms with Crippen molar-refractivity contribution in [3.8, 4) is 0 Å². The lowest BCUT2D eigenvalue weighted by atomic mass is 10.1. The van der Waals surface area contributed by atoms with E-state index in [2.05, 4.69) is 10.1 Å². The van der Waals surface area contributed by atoms with Crippen LogP contribution in [0, 0.1) is 0 Å². The molecule has 1 aliphatic heterocycles. The lowest BCUT2D eigenvalue weighted by Crippen LogP contribution is -2.42. The Morgan fingerprint density at radius 2 is 1.93 bits per heavy atom. The molecule has 14 heavy (non-hydrogen) atoms. The van der Waals surface area contributed by atoms with Gasteiger partial charge in [-0.1, -0.05) is 0 Å². The largest absolute Gasteiger partial charge is 0.468 e. The molecule has 1 N–H and O–H groups in total. The van der Waals surface area contributed by atoms with Crippen LogP contribution in [0.4, 0.5) is 0 Å². The van der Waals surface area contributed by atoms with E-state index in [1.165, 1.54) is 7.11 Å². The molecule has 0 aliphatic carbocycles. The van der Waals surface area contributed by atoms with Gasteiger partial charge < -0.3 is 14.2 Å². The van der Waals surface area contributed by atoms with Gasteiger partial charge in [-0.15, -0.1) is 12.4 Å². The summed E-state index contributed by atoms with van der Waals surface area (Å²) in [6.07, 6.45) is -0.355. The maximum Gasteiger partial charge on any atom is 0.325 e. The summed E-state index contributed by atoms with van der Waals surface area (Å²) >= 11 is 0. The van der Waals surface area contributed by atoms with E-state index < -0.39 is 6.04 Å². The number of hydrogen-bond donors (Lipinski definition) is 1. The molecule has 3 atom stereocenters. The van der Waals surface area contributed by atoms with E-state index in [1.54, 1.807) is 14.2 Å². The van der Waals surface area contributed by atoms with Gasteiger partial charge in [0, 0.05) is 20.8 Å². The second-order valence-corrected chi connectivity index (χ2v) is 2.88. The molecule has 0 saturated carbocycles. The third kappa shape index (κ3) is 2.57. The van der Waals surface area contributed by atoms with Gasteiger partial charge in [0.25, 0.3) is 0 Å². The number of methoxy groups -OCH3 is 3. The fraction of sp³-hybridized carbons (Fsp3) is 0.875. The molecule has 0 aromatic heterocycles. The zero-order valence-corrected chi connectivity index (χ0v) is 9.30.